The lowest BCUT2D eigenvalue weighted by molar-refractivity contribution is -0.132. The van der Waals surface area contributed by atoms with E-state index < -0.39 is 0 Å². The Kier molecular flexibility index (Phi) is 7.15. The number of benzene rings is 2. The molecule has 3 aromatic rings. The number of amides is 2. The van der Waals surface area contributed by atoms with Crippen LogP contribution in [0.2, 0.25) is 10.0 Å². The quantitative estimate of drug-likeness (QED) is 0.521. The lowest BCUT2D eigenvalue weighted by atomic mass is 10.1. The standard InChI is InChI=1S/C23H22Cl2N4O4/c1-32-17-5-2-15(3-6-17)22-26-20(33-27-22)8-9-21(30)28-10-12-29(13-11-28)23(31)18-7-4-16(24)14-19(18)25/h2-7,14H,8-13H2,1H3. The van der Waals surface area contributed by atoms with Gasteiger partial charge in [-0.3, -0.25) is 9.59 Å². The Hall–Kier alpha value is -3.10. The first kappa shape index (κ1) is 23.1. The van der Waals surface area contributed by atoms with Crippen molar-refractivity contribution < 1.29 is 18.8 Å². The van der Waals surface area contributed by atoms with Crippen molar-refractivity contribution in [2.75, 3.05) is 33.3 Å². The van der Waals surface area contributed by atoms with Gasteiger partial charge in [0.05, 0.1) is 17.7 Å². The van der Waals surface area contributed by atoms with Crippen molar-refractivity contribution in [3.05, 3.63) is 64.0 Å². The van der Waals surface area contributed by atoms with E-state index in [0.717, 1.165) is 11.3 Å². The molecule has 2 heterocycles. The predicted molar refractivity (Wildman–Crippen MR) is 124 cm³/mol. The molecule has 8 nitrogen and oxygen atoms in total. The monoisotopic (exact) mass is 488 g/mol. The van der Waals surface area contributed by atoms with Gasteiger partial charge >= 0.3 is 0 Å². The number of piperazine rings is 1. The van der Waals surface area contributed by atoms with Crippen LogP contribution in [-0.4, -0.2) is 65.0 Å². The normalized spacial score (nSPS) is 13.8. The van der Waals surface area contributed by atoms with Gasteiger partial charge in [0.15, 0.2) is 0 Å². The Morgan fingerprint density at radius 1 is 1.03 bits per heavy atom. The number of methoxy groups -OCH3 is 1. The SMILES string of the molecule is COc1ccc(-c2noc(CCC(=O)N3CCN(C(=O)c4ccc(Cl)cc4Cl)CC3)n2)cc1. The van der Waals surface area contributed by atoms with E-state index >= 15 is 0 Å². The molecule has 0 spiro atoms. The first-order chi connectivity index (χ1) is 15.9. The smallest absolute Gasteiger partial charge is 0.255 e. The number of aromatic nitrogens is 2. The second-order valence-corrected chi connectivity index (χ2v) is 8.38. The van der Waals surface area contributed by atoms with E-state index in [1.54, 1.807) is 35.1 Å². The molecule has 0 bridgehead atoms. The van der Waals surface area contributed by atoms with Crippen molar-refractivity contribution in [1.82, 2.24) is 19.9 Å². The second-order valence-electron chi connectivity index (χ2n) is 7.54. The van der Waals surface area contributed by atoms with Gasteiger partial charge in [-0.15, -0.1) is 0 Å². The van der Waals surface area contributed by atoms with E-state index in [1.165, 1.54) is 0 Å². The van der Waals surface area contributed by atoms with Crippen LogP contribution in [0.25, 0.3) is 11.4 Å². The van der Waals surface area contributed by atoms with Gasteiger partial charge in [0.2, 0.25) is 17.6 Å². The van der Waals surface area contributed by atoms with Gasteiger partial charge in [0.1, 0.15) is 5.75 Å². The number of hydrogen-bond acceptors (Lipinski definition) is 6. The molecule has 1 aliphatic rings. The minimum atomic E-state index is -0.166. The highest BCUT2D eigenvalue weighted by atomic mass is 35.5. The molecule has 10 heteroatoms. The average molecular weight is 489 g/mol. The highest BCUT2D eigenvalue weighted by molar-refractivity contribution is 6.36. The summed E-state index contributed by atoms with van der Waals surface area (Å²) in [5.41, 5.74) is 1.21. The van der Waals surface area contributed by atoms with Gasteiger partial charge in [0.25, 0.3) is 5.91 Å². The van der Waals surface area contributed by atoms with Gasteiger partial charge < -0.3 is 19.1 Å². The molecule has 1 aliphatic heterocycles. The van der Waals surface area contributed by atoms with Crippen LogP contribution < -0.4 is 4.74 Å². The summed E-state index contributed by atoms with van der Waals surface area (Å²) < 4.78 is 10.4. The number of nitrogens with zero attached hydrogens (tertiary/aromatic N) is 4. The molecule has 0 radical (unpaired) electrons. The molecule has 0 aliphatic carbocycles. The Labute approximate surface area is 201 Å². The van der Waals surface area contributed by atoms with Crippen molar-refractivity contribution in [1.29, 1.82) is 0 Å². The van der Waals surface area contributed by atoms with E-state index in [9.17, 15) is 9.59 Å². The van der Waals surface area contributed by atoms with Gasteiger partial charge in [-0.25, -0.2) is 0 Å². The zero-order chi connectivity index (χ0) is 23.4. The van der Waals surface area contributed by atoms with Crippen molar-refractivity contribution in [3.63, 3.8) is 0 Å². The number of aryl methyl sites for hydroxylation is 1. The number of halogens is 2. The van der Waals surface area contributed by atoms with E-state index in [1.807, 2.05) is 24.3 Å². The fraction of sp³-hybridized carbons (Fsp3) is 0.304. The van der Waals surface area contributed by atoms with Crippen LogP contribution in [0.15, 0.2) is 47.0 Å². The number of rotatable bonds is 6. The molecule has 33 heavy (non-hydrogen) atoms. The second kappa shape index (κ2) is 10.2. The third-order valence-electron chi connectivity index (χ3n) is 5.45. The molecular weight excluding hydrogens is 467 g/mol. The zero-order valence-corrected chi connectivity index (χ0v) is 19.5. The van der Waals surface area contributed by atoms with Gasteiger partial charge in [0, 0.05) is 49.6 Å². The van der Waals surface area contributed by atoms with E-state index in [0.29, 0.717) is 59.9 Å². The van der Waals surface area contributed by atoms with E-state index in [4.69, 9.17) is 32.5 Å². The molecule has 0 atom stereocenters. The Morgan fingerprint density at radius 3 is 2.39 bits per heavy atom. The van der Waals surface area contributed by atoms with E-state index in [2.05, 4.69) is 10.1 Å². The summed E-state index contributed by atoms with van der Waals surface area (Å²) in [4.78, 5) is 33.2. The molecule has 2 aromatic carbocycles. The highest BCUT2D eigenvalue weighted by Crippen LogP contribution is 2.23. The van der Waals surface area contributed by atoms with Crippen LogP contribution >= 0.6 is 23.2 Å². The summed E-state index contributed by atoms with van der Waals surface area (Å²) in [5.74, 6) is 1.43. The number of hydrogen-bond donors (Lipinski definition) is 0. The van der Waals surface area contributed by atoms with Crippen molar-refractivity contribution in [2.24, 2.45) is 0 Å². The number of carbonyl (C=O) groups is 2. The Morgan fingerprint density at radius 2 is 1.73 bits per heavy atom. The minimum absolute atomic E-state index is 0.0178. The third-order valence-corrected chi connectivity index (χ3v) is 6.00. The maximum absolute atomic E-state index is 12.7. The lowest BCUT2D eigenvalue weighted by Crippen LogP contribution is -2.50. The lowest BCUT2D eigenvalue weighted by Gasteiger charge is -2.35. The molecule has 1 saturated heterocycles. The first-order valence-electron chi connectivity index (χ1n) is 10.4. The summed E-state index contributed by atoms with van der Waals surface area (Å²) in [6.07, 6.45) is 0.600. The number of ether oxygens (including phenoxy) is 1. The fourth-order valence-electron chi connectivity index (χ4n) is 3.58. The summed E-state index contributed by atoms with van der Waals surface area (Å²) >= 11 is 12.1. The molecule has 0 unspecified atom stereocenters. The van der Waals surface area contributed by atoms with Gasteiger partial charge in [-0.1, -0.05) is 28.4 Å². The van der Waals surface area contributed by atoms with Crippen LogP contribution in [0.1, 0.15) is 22.7 Å². The molecule has 2 amide bonds. The molecule has 0 saturated carbocycles. The Balaban J connectivity index is 1.27. The molecule has 172 valence electrons. The number of carbonyl (C=O) groups excluding carboxylic acids is 2. The first-order valence-corrected chi connectivity index (χ1v) is 11.2. The molecule has 4 rings (SSSR count). The van der Waals surface area contributed by atoms with Crippen LogP contribution in [0.4, 0.5) is 0 Å². The van der Waals surface area contributed by atoms with Crippen LogP contribution in [-0.2, 0) is 11.2 Å². The highest BCUT2D eigenvalue weighted by Gasteiger charge is 2.26. The zero-order valence-electron chi connectivity index (χ0n) is 18.0. The topological polar surface area (TPSA) is 88.8 Å². The van der Waals surface area contributed by atoms with Crippen LogP contribution in [0.3, 0.4) is 0 Å². The molecule has 0 N–H and O–H groups in total. The van der Waals surface area contributed by atoms with Gasteiger partial charge in [-0.2, -0.15) is 4.98 Å². The predicted octanol–water partition coefficient (Wildman–Crippen LogP) is 3.97. The summed E-state index contributed by atoms with van der Waals surface area (Å²) in [6, 6.07) is 12.1. The van der Waals surface area contributed by atoms with Gasteiger partial charge in [-0.05, 0) is 42.5 Å². The summed E-state index contributed by atoms with van der Waals surface area (Å²) in [6.45, 7) is 1.78. The van der Waals surface area contributed by atoms with Crippen LogP contribution in [0, 0.1) is 0 Å². The Bertz CT molecular complexity index is 1140. The van der Waals surface area contributed by atoms with Crippen LogP contribution in [0.5, 0.6) is 5.75 Å². The van der Waals surface area contributed by atoms with Crippen molar-refractivity contribution in [2.45, 2.75) is 12.8 Å². The largest absolute Gasteiger partial charge is 0.497 e. The molecule has 1 fully saturated rings. The average Bonchev–Trinajstić information content (AvgIpc) is 3.31. The fourth-order valence-corrected chi connectivity index (χ4v) is 4.07. The minimum Gasteiger partial charge on any atom is -0.497 e. The maximum Gasteiger partial charge on any atom is 0.255 e. The third kappa shape index (κ3) is 5.46. The molecular formula is C23H22Cl2N4O4. The summed E-state index contributed by atoms with van der Waals surface area (Å²) in [5, 5.41) is 4.78. The van der Waals surface area contributed by atoms with Crippen molar-refractivity contribution in [3.8, 4) is 17.1 Å². The van der Waals surface area contributed by atoms with Crippen molar-refractivity contribution >= 4 is 35.0 Å². The van der Waals surface area contributed by atoms with E-state index in [-0.39, 0.29) is 18.2 Å². The molecule has 1 aromatic heterocycles. The maximum atomic E-state index is 12.7. The summed E-state index contributed by atoms with van der Waals surface area (Å²) in [7, 11) is 1.60.